The Morgan fingerprint density at radius 1 is 1.04 bits per heavy atom. The molecule has 0 aromatic heterocycles. The molecule has 5 heteroatoms. The van der Waals surface area contributed by atoms with E-state index in [4.69, 9.17) is 14.2 Å². The summed E-state index contributed by atoms with van der Waals surface area (Å²) < 4.78 is 19.4. The van der Waals surface area contributed by atoms with E-state index in [-0.39, 0.29) is 35.4 Å². The molecule has 0 N–H and O–H groups in total. The first kappa shape index (κ1) is 20.2. The van der Waals surface area contributed by atoms with Crippen molar-refractivity contribution in [2.45, 2.75) is 96.9 Å². The van der Waals surface area contributed by atoms with Gasteiger partial charge in [-0.25, -0.2) is 0 Å². The van der Waals surface area contributed by atoms with E-state index in [1.165, 1.54) is 0 Å². The Kier molecular flexibility index (Phi) is 4.02. The zero-order valence-electron chi connectivity index (χ0n) is 18.3. The average molecular weight is 391 g/mol. The molecule has 156 valence electrons. The van der Waals surface area contributed by atoms with Crippen LogP contribution in [0.2, 0.25) is 0 Å². The predicted molar refractivity (Wildman–Crippen MR) is 105 cm³/mol. The van der Waals surface area contributed by atoms with Gasteiger partial charge < -0.3 is 14.2 Å². The lowest BCUT2D eigenvalue weighted by Gasteiger charge is -2.65. The molecule has 0 bridgehead atoms. The van der Waals surface area contributed by atoms with Gasteiger partial charge in [-0.2, -0.15) is 0 Å². The van der Waals surface area contributed by atoms with Gasteiger partial charge >= 0.3 is 0 Å². The van der Waals surface area contributed by atoms with E-state index in [9.17, 15) is 9.59 Å². The summed E-state index contributed by atoms with van der Waals surface area (Å²) >= 11 is 0. The number of hydrogen-bond acceptors (Lipinski definition) is 5. The number of carbonyl (C=O) groups excluding carboxylic acids is 2. The normalized spacial score (nSPS) is 51.8. The molecule has 5 nitrogen and oxygen atoms in total. The number of carbonyl (C=O) groups is 2. The Morgan fingerprint density at radius 2 is 1.68 bits per heavy atom. The lowest BCUT2D eigenvalue weighted by Crippen LogP contribution is -2.76. The molecule has 2 saturated carbocycles. The zero-order valence-corrected chi connectivity index (χ0v) is 18.3. The average Bonchev–Trinajstić information content (AvgIpc) is 2.86. The number of ether oxygens (including phenoxy) is 3. The molecule has 2 aliphatic carbocycles. The number of Topliss-reactive ketones (excluding diaryl/α,β-unsaturated/α-hetero) is 2. The predicted octanol–water partition coefficient (Wildman–Crippen LogP) is 3.84. The van der Waals surface area contributed by atoms with Crippen molar-refractivity contribution < 1.29 is 23.8 Å². The molecular weight excluding hydrogens is 356 g/mol. The maximum absolute atomic E-state index is 13.6. The minimum absolute atomic E-state index is 0.0708. The number of rotatable bonds is 1. The summed E-state index contributed by atoms with van der Waals surface area (Å²) in [6.45, 7) is 17.9. The second-order valence-corrected chi connectivity index (χ2v) is 11.1. The van der Waals surface area contributed by atoms with Gasteiger partial charge in [0.15, 0.2) is 5.79 Å². The summed E-state index contributed by atoms with van der Waals surface area (Å²) in [7, 11) is 0. The van der Waals surface area contributed by atoms with Crippen LogP contribution in [0.25, 0.3) is 0 Å². The maximum Gasteiger partial charge on any atom is 0.163 e. The van der Waals surface area contributed by atoms with E-state index in [0.717, 1.165) is 6.42 Å². The Labute approximate surface area is 168 Å². The van der Waals surface area contributed by atoms with Crippen molar-refractivity contribution >= 4 is 11.6 Å². The maximum atomic E-state index is 13.6. The number of ketones is 2. The molecule has 2 saturated heterocycles. The number of hydrogen-bond donors (Lipinski definition) is 0. The second kappa shape index (κ2) is 5.55. The van der Waals surface area contributed by atoms with Crippen LogP contribution in [0.4, 0.5) is 0 Å². The molecule has 0 amide bonds. The topological polar surface area (TPSA) is 61.8 Å². The largest absolute Gasteiger partial charge is 0.361 e. The summed E-state index contributed by atoms with van der Waals surface area (Å²) in [5, 5.41) is 0. The third-order valence-electron chi connectivity index (χ3n) is 8.01. The molecule has 2 aliphatic heterocycles. The highest BCUT2D eigenvalue weighted by Gasteiger charge is 2.76. The van der Waals surface area contributed by atoms with Gasteiger partial charge in [-0.05, 0) is 39.5 Å². The van der Waals surface area contributed by atoms with Crippen LogP contribution in [0.1, 0.15) is 67.7 Å². The highest BCUT2D eigenvalue weighted by atomic mass is 16.8. The zero-order chi connectivity index (χ0) is 20.9. The fourth-order valence-electron chi connectivity index (χ4n) is 7.08. The molecular formula is C23H34O5. The number of fused-ring (bicyclic) bond motifs is 6. The van der Waals surface area contributed by atoms with E-state index in [0.29, 0.717) is 6.42 Å². The summed E-state index contributed by atoms with van der Waals surface area (Å²) in [6, 6.07) is 0. The molecule has 2 heterocycles. The van der Waals surface area contributed by atoms with Crippen LogP contribution in [-0.2, 0) is 23.8 Å². The molecule has 0 spiro atoms. The standard InChI is InChI=1S/C23H34O5/c1-9-21(6)12-13(24)16-22(7)14(25)10-11-19(2,3)17(22)15-18(23(16,8)28-21)27-20(4,5)26-15/h9,15-18H,1,10-12H2,2-8H3/t15-,16+,17-,18-,21-,22+,23-/m0/s1. The van der Waals surface area contributed by atoms with Crippen LogP contribution in [0.15, 0.2) is 12.7 Å². The summed E-state index contributed by atoms with van der Waals surface area (Å²) in [4.78, 5) is 27.0. The molecule has 0 unspecified atom stereocenters. The Hall–Kier alpha value is -1.04. The molecule has 0 radical (unpaired) electrons. The van der Waals surface area contributed by atoms with E-state index >= 15 is 0 Å². The SMILES string of the molecule is C=C[C@@]1(C)CC(=O)[C@H]2[C@](C)(O1)[C@H]1OC(C)(C)O[C@H]1[C@H]1C(C)(C)CCC(=O)[C@@]12C. The van der Waals surface area contributed by atoms with Crippen LogP contribution in [-0.4, -0.2) is 40.8 Å². The lowest BCUT2D eigenvalue weighted by atomic mass is 9.42. The summed E-state index contributed by atoms with van der Waals surface area (Å²) in [5.74, 6) is -1.23. The third-order valence-corrected chi connectivity index (χ3v) is 8.01. The van der Waals surface area contributed by atoms with E-state index in [1.54, 1.807) is 6.08 Å². The van der Waals surface area contributed by atoms with Crippen LogP contribution in [0.3, 0.4) is 0 Å². The van der Waals surface area contributed by atoms with Gasteiger partial charge in [-0.15, -0.1) is 6.58 Å². The van der Waals surface area contributed by atoms with Gasteiger partial charge in [0.1, 0.15) is 23.3 Å². The smallest absolute Gasteiger partial charge is 0.163 e. The fourth-order valence-corrected chi connectivity index (χ4v) is 7.08. The van der Waals surface area contributed by atoms with E-state index < -0.39 is 34.4 Å². The van der Waals surface area contributed by atoms with Crippen LogP contribution in [0.5, 0.6) is 0 Å². The first-order valence-corrected chi connectivity index (χ1v) is 10.5. The lowest BCUT2D eigenvalue weighted by molar-refractivity contribution is -0.277. The highest BCUT2D eigenvalue weighted by Crippen LogP contribution is 2.66. The molecule has 28 heavy (non-hydrogen) atoms. The summed E-state index contributed by atoms with van der Waals surface area (Å²) in [5.41, 5.74) is -2.71. The van der Waals surface area contributed by atoms with Crippen LogP contribution >= 0.6 is 0 Å². The highest BCUT2D eigenvalue weighted by molar-refractivity contribution is 5.95. The van der Waals surface area contributed by atoms with Crippen molar-refractivity contribution in [3.05, 3.63) is 12.7 Å². The fraction of sp³-hybridized carbons (Fsp3) is 0.826. The van der Waals surface area contributed by atoms with Gasteiger partial charge in [0, 0.05) is 24.2 Å². The first-order valence-electron chi connectivity index (χ1n) is 10.5. The van der Waals surface area contributed by atoms with Crippen LogP contribution in [0, 0.1) is 22.7 Å². The van der Waals surface area contributed by atoms with Crippen molar-refractivity contribution in [3.8, 4) is 0 Å². The van der Waals surface area contributed by atoms with Gasteiger partial charge in [0.2, 0.25) is 0 Å². The van der Waals surface area contributed by atoms with Gasteiger partial charge in [-0.3, -0.25) is 9.59 Å². The Bertz CT molecular complexity index is 754. The first-order chi connectivity index (χ1) is 12.7. The molecule has 4 rings (SSSR count). The Morgan fingerprint density at radius 3 is 2.29 bits per heavy atom. The summed E-state index contributed by atoms with van der Waals surface area (Å²) in [6.07, 6.45) is 2.49. The van der Waals surface area contributed by atoms with Crippen LogP contribution < -0.4 is 0 Å². The monoisotopic (exact) mass is 390 g/mol. The molecule has 0 aromatic carbocycles. The van der Waals surface area contributed by atoms with Gasteiger partial charge in [0.05, 0.1) is 17.6 Å². The molecule has 7 atom stereocenters. The molecule has 4 aliphatic rings. The van der Waals surface area contributed by atoms with Crippen molar-refractivity contribution in [1.82, 2.24) is 0 Å². The van der Waals surface area contributed by atoms with Gasteiger partial charge in [-0.1, -0.05) is 26.8 Å². The minimum atomic E-state index is -0.953. The van der Waals surface area contributed by atoms with Crippen molar-refractivity contribution in [2.75, 3.05) is 0 Å². The molecule has 4 fully saturated rings. The van der Waals surface area contributed by atoms with Crippen molar-refractivity contribution in [3.63, 3.8) is 0 Å². The third kappa shape index (κ3) is 2.42. The van der Waals surface area contributed by atoms with E-state index in [1.807, 2.05) is 34.6 Å². The quantitative estimate of drug-likeness (QED) is 0.637. The van der Waals surface area contributed by atoms with E-state index in [2.05, 4.69) is 20.4 Å². The van der Waals surface area contributed by atoms with Gasteiger partial charge in [0.25, 0.3) is 0 Å². The minimum Gasteiger partial charge on any atom is -0.361 e. The van der Waals surface area contributed by atoms with Crippen molar-refractivity contribution in [1.29, 1.82) is 0 Å². The second-order valence-electron chi connectivity index (χ2n) is 11.1. The van der Waals surface area contributed by atoms with Crippen molar-refractivity contribution in [2.24, 2.45) is 22.7 Å². The Balaban J connectivity index is 1.95. The molecule has 0 aromatic rings.